The van der Waals surface area contributed by atoms with Crippen LogP contribution in [0, 0.1) is 5.92 Å². The van der Waals surface area contributed by atoms with E-state index in [9.17, 15) is 14.4 Å². The molecule has 6 nitrogen and oxygen atoms in total. The van der Waals surface area contributed by atoms with Crippen molar-refractivity contribution >= 4 is 17.7 Å². The molecule has 6 heteroatoms. The minimum absolute atomic E-state index is 0.0236. The molecular weight excluding hydrogens is 330 g/mol. The Labute approximate surface area is 154 Å². The Morgan fingerprint density at radius 3 is 2.23 bits per heavy atom. The largest absolute Gasteiger partial charge is 0.356 e. The minimum Gasteiger partial charge on any atom is -0.356 e. The highest BCUT2D eigenvalue weighted by molar-refractivity contribution is 6.21. The van der Waals surface area contributed by atoms with E-state index in [0.717, 1.165) is 6.42 Å². The topological polar surface area (TPSA) is 78.5 Å². The van der Waals surface area contributed by atoms with Gasteiger partial charge in [-0.2, -0.15) is 0 Å². The van der Waals surface area contributed by atoms with Gasteiger partial charge in [-0.05, 0) is 52.7 Å². The van der Waals surface area contributed by atoms with Gasteiger partial charge in [0, 0.05) is 24.2 Å². The van der Waals surface area contributed by atoms with Gasteiger partial charge in [-0.15, -0.1) is 0 Å². The first-order valence-corrected chi connectivity index (χ1v) is 9.15. The van der Waals surface area contributed by atoms with Gasteiger partial charge in [-0.25, -0.2) is 0 Å². The second kappa shape index (κ2) is 6.50. The van der Waals surface area contributed by atoms with E-state index in [1.807, 2.05) is 13.8 Å². The number of carbonyl (C=O) groups excluding carboxylic acids is 3. The Balaban J connectivity index is 1.50. The maximum Gasteiger partial charge on any atom is 0.261 e. The number of imide groups is 1. The van der Waals surface area contributed by atoms with Crippen LogP contribution in [0.25, 0.3) is 0 Å². The summed E-state index contributed by atoms with van der Waals surface area (Å²) in [4.78, 5) is 38.4. The number of amides is 3. The van der Waals surface area contributed by atoms with Crippen molar-refractivity contribution in [2.75, 3.05) is 13.1 Å². The first kappa shape index (κ1) is 18.6. The maximum atomic E-state index is 12.6. The number of hydrogen-bond acceptors (Lipinski definition) is 4. The van der Waals surface area contributed by atoms with Crippen LogP contribution >= 0.6 is 0 Å². The van der Waals surface area contributed by atoms with Gasteiger partial charge in [0.25, 0.3) is 11.8 Å². The summed E-state index contributed by atoms with van der Waals surface area (Å²) in [5.74, 6) is -0.577. The molecule has 3 amide bonds. The Hall–Kier alpha value is -2.21. The summed E-state index contributed by atoms with van der Waals surface area (Å²) in [6.45, 7) is 9.05. The van der Waals surface area contributed by atoms with Crippen LogP contribution in [0.1, 0.15) is 61.3 Å². The summed E-state index contributed by atoms with van der Waals surface area (Å²) < 4.78 is 0. The number of carbonyl (C=O) groups is 3. The molecule has 3 rings (SSSR count). The van der Waals surface area contributed by atoms with E-state index in [0.29, 0.717) is 30.6 Å². The Kier molecular flexibility index (Phi) is 4.65. The maximum absolute atomic E-state index is 12.6. The van der Waals surface area contributed by atoms with Crippen molar-refractivity contribution in [1.29, 1.82) is 0 Å². The minimum atomic E-state index is -0.254. The van der Waals surface area contributed by atoms with Crippen molar-refractivity contribution < 1.29 is 14.4 Å². The molecule has 1 atom stereocenters. The fourth-order valence-electron chi connectivity index (χ4n) is 4.21. The predicted molar refractivity (Wildman–Crippen MR) is 98.8 cm³/mol. The molecule has 0 aromatic heterocycles. The fraction of sp³-hybridized carbons (Fsp3) is 0.550. The van der Waals surface area contributed by atoms with E-state index in [-0.39, 0.29) is 34.7 Å². The van der Waals surface area contributed by atoms with Gasteiger partial charge < -0.3 is 10.6 Å². The van der Waals surface area contributed by atoms with Crippen molar-refractivity contribution in [3.63, 3.8) is 0 Å². The highest BCUT2D eigenvalue weighted by Gasteiger charge is 2.47. The van der Waals surface area contributed by atoms with Gasteiger partial charge in [0.1, 0.15) is 0 Å². The van der Waals surface area contributed by atoms with Gasteiger partial charge in [0.15, 0.2) is 0 Å². The summed E-state index contributed by atoms with van der Waals surface area (Å²) >= 11 is 0. The molecule has 2 aliphatic rings. The molecule has 0 radical (unpaired) electrons. The third-order valence-corrected chi connectivity index (χ3v) is 5.30. The molecule has 1 aromatic carbocycles. The van der Waals surface area contributed by atoms with Crippen LogP contribution in [0.2, 0.25) is 0 Å². The number of nitrogens with one attached hydrogen (secondary N) is 2. The van der Waals surface area contributed by atoms with E-state index < -0.39 is 0 Å². The Morgan fingerprint density at radius 2 is 1.73 bits per heavy atom. The average molecular weight is 357 g/mol. The van der Waals surface area contributed by atoms with Crippen molar-refractivity contribution in [3.8, 4) is 0 Å². The third kappa shape index (κ3) is 3.38. The van der Waals surface area contributed by atoms with Crippen molar-refractivity contribution in [1.82, 2.24) is 15.5 Å². The smallest absolute Gasteiger partial charge is 0.261 e. The third-order valence-electron chi connectivity index (χ3n) is 5.30. The molecule has 26 heavy (non-hydrogen) atoms. The number of fused-ring (bicyclic) bond motifs is 1. The normalized spacial score (nSPS) is 23.2. The van der Waals surface area contributed by atoms with Crippen LogP contribution in [0.15, 0.2) is 24.3 Å². The summed E-state index contributed by atoms with van der Waals surface area (Å²) in [6.07, 6.45) is 1.32. The van der Waals surface area contributed by atoms with E-state index in [1.54, 1.807) is 24.3 Å². The van der Waals surface area contributed by atoms with Crippen molar-refractivity contribution in [3.05, 3.63) is 35.4 Å². The Bertz CT molecular complexity index is 719. The van der Waals surface area contributed by atoms with Crippen LogP contribution in [-0.2, 0) is 4.79 Å². The Morgan fingerprint density at radius 1 is 1.15 bits per heavy atom. The lowest BCUT2D eigenvalue weighted by molar-refractivity contribution is -0.126. The molecular formula is C20H27N3O3. The molecule has 0 aliphatic carbocycles. The fourth-order valence-corrected chi connectivity index (χ4v) is 4.21. The van der Waals surface area contributed by atoms with E-state index in [4.69, 9.17) is 0 Å². The molecule has 0 bridgehead atoms. The molecule has 0 spiro atoms. The predicted octanol–water partition coefficient (Wildman–Crippen LogP) is 1.96. The monoisotopic (exact) mass is 357 g/mol. The lowest BCUT2D eigenvalue weighted by Crippen LogP contribution is -2.48. The number of hydrogen-bond donors (Lipinski definition) is 2. The second-order valence-electron chi connectivity index (χ2n) is 8.44. The van der Waals surface area contributed by atoms with Gasteiger partial charge >= 0.3 is 0 Å². The van der Waals surface area contributed by atoms with Crippen molar-refractivity contribution in [2.45, 2.75) is 51.6 Å². The van der Waals surface area contributed by atoms with Crippen LogP contribution in [0.4, 0.5) is 0 Å². The highest BCUT2D eigenvalue weighted by atomic mass is 16.2. The quantitative estimate of drug-likeness (QED) is 0.624. The van der Waals surface area contributed by atoms with E-state index in [1.165, 1.54) is 4.90 Å². The number of rotatable bonds is 5. The van der Waals surface area contributed by atoms with Crippen LogP contribution in [0.5, 0.6) is 0 Å². The molecule has 2 aliphatic heterocycles. The van der Waals surface area contributed by atoms with Crippen LogP contribution in [0.3, 0.4) is 0 Å². The zero-order valence-corrected chi connectivity index (χ0v) is 15.9. The van der Waals surface area contributed by atoms with E-state index in [2.05, 4.69) is 24.5 Å². The van der Waals surface area contributed by atoms with Gasteiger partial charge in [-0.3, -0.25) is 19.3 Å². The molecule has 2 N–H and O–H groups in total. The highest BCUT2D eigenvalue weighted by Crippen LogP contribution is 2.35. The van der Waals surface area contributed by atoms with Crippen LogP contribution < -0.4 is 10.6 Å². The SMILES string of the molecule is CC1(C)CC(C(=O)NCCCN2C(=O)c3ccccc3C2=O)C(C)(C)N1. The lowest BCUT2D eigenvalue weighted by atomic mass is 9.86. The molecule has 1 unspecified atom stereocenters. The molecule has 2 heterocycles. The van der Waals surface area contributed by atoms with E-state index >= 15 is 0 Å². The van der Waals surface area contributed by atoms with Gasteiger partial charge in [0.05, 0.1) is 17.0 Å². The molecule has 1 saturated heterocycles. The first-order valence-electron chi connectivity index (χ1n) is 9.15. The van der Waals surface area contributed by atoms with Crippen molar-refractivity contribution in [2.24, 2.45) is 5.92 Å². The van der Waals surface area contributed by atoms with Crippen LogP contribution in [-0.4, -0.2) is 46.8 Å². The van der Waals surface area contributed by atoms with Gasteiger partial charge in [0.2, 0.25) is 5.91 Å². The average Bonchev–Trinajstić information content (AvgIpc) is 2.94. The molecule has 1 fully saturated rings. The number of nitrogens with zero attached hydrogens (tertiary/aromatic N) is 1. The zero-order valence-electron chi connectivity index (χ0n) is 15.9. The lowest BCUT2D eigenvalue weighted by Gasteiger charge is -2.27. The summed E-state index contributed by atoms with van der Waals surface area (Å²) in [5.41, 5.74) is 0.604. The summed E-state index contributed by atoms with van der Waals surface area (Å²) in [5, 5.41) is 6.46. The standard InChI is InChI=1S/C20H27N3O3/c1-19(2)12-15(20(3,4)22-19)16(24)21-10-7-11-23-17(25)13-8-5-6-9-14(13)18(23)26/h5-6,8-9,15,22H,7,10-12H2,1-4H3,(H,21,24). The summed E-state index contributed by atoms with van der Waals surface area (Å²) in [7, 11) is 0. The molecule has 140 valence electrons. The second-order valence-corrected chi connectivity index (χ2v) is 8.44. The summed E-state index contributed by atoms with van der Waals surface area (Å²) in [6, 6.07) is 6.86. The molecule has 0 saturated carbocycles. The zero-order chi connectivity index (χ0) is 19.1. The van der Waals surface area contributed by atoms with Gasteiger partial charge in [-0.1, -0.05) is 12.1 Å². The number of benzene rings is 1. The molecule has 1 aromatic rings. The first-order chi connectivity index (χ1) is 12.1.